The molecular weight excluding hydrogens is 396 g/mol. The van der Waals surface area contributed by atoms with Crippen molar-refractivity contribution in [2.75, 3.05) is 4.90 Å². The number of imide groups is 1. The second kappa shape index (κ2) is 7.41. The van der Waals surface area contributed by atoms with Gasteiger partial charge < -0.3 is 9.90 Å². The zero-order valence-corrected chi connectivity index (χ0v) is 16.4. The third-order valence-corrected chi connectivity index (χ3v) is 7.49. The molecule has 2 aliphatic rings. The molecule has 0 bridgehead atoms. The van der Waals surface area contributed by atoms with E-state index in [1.807, 2.05) is 0 Å². The molecule has 0 spiro atoms. The highest BCUT2D eigenvalue weighted by molar-refractivity contribution is 8.00. The lowest BCUT2D eigenvalue weighted by molar-refractivity contribution is -0.255. The van der Waals surface area contributed by atoms with E-state index >= 15 is 0 Å². The molecule has 2 aromatic rings. The van der Waals surface area contributed by atoms with Gasteiger partial charge in [0.05, 0.1) is 16.8 Å². The highest BCUT2D eigenvalue weighted by atomic mass is 32.2. The summed E-state index contributed by atoms with van der Waals surface area (Å²) in [6.07, 6.45) is 3.67. The van der Waals surface area contributed by atoms with Gasteiger partial charge >= 0.3 is 0 Å². The zero-order chi connectivity index (χ0) is 19.8. The van der Waals surface area contributed by atoms with Crippen molar-refractivity contribution >= 4 is 45.9 Å². The normalized spacial score (nSPS) is 18.8. The van der Waals surface area contributed by atoms with Crippen molar-refractivity contribution in [3.05, 3.63) is 45.8 Å². The first-order chi connectivity index (χ1) is 13.5. The van der Waals surface area contributed by atoms with Gasteiger partial charge in [-0.1, -0.05) is 18.2 Å². The van der Waals surface area contributed by atoms with Crippen molar-refractivity contribution in [2.24, 2.45) is 0 Å². The van der Waals surface area contributed by atoms with Crippen LogP contribution in [0.2, 0.25) is 0 Å². The quantitative estimate of drug-likeness (QED) is 0.716. The molecule has 142 valence electrons. The number of aryl methyl sites for hydroxylation is 1. The van der Waals surface area contributed by atoms with E-state index in [1.54, 1.807) is 18.2 Å². The Morgan fingerprint density at radius 2 is 2.00 bits per heavy atom. The van der Waals surface area contributed by atoms with Crippen LogP contribution in [-0.4, -0.2) is 23.0 Å². The maximum absolute atomic E-state index is 13.0. The van der Waals surface area contributed by atoms with Gasteiger partial charge in [-0.05, 0) is 37.3 Å². The van der Waals surface area contributed by atoms with E-state index in [2.05, 4.69) is 6.07 Å². The number of thioether (sulfide) groups is 1. The molecule has 0 N–H and O–H groups in total. The second-order valence-corrected chi connectivity index (χ2v) is 8.99. The Bertz CT molecular complexity index is 1040. The van der Waals surface area contributed by atoms with Crippen LogP contribution in [0.25, 0.3) is 0 Å². The standard InChI is InChI=1S/C20H16N2O4S2/c21-10-13-11-5-1-3-7-14(11)28-19(13)22-17(23)9-16(18(22)24)27-15-8-4-2-6-12(15)20(25)26/h2,4,6,8,16H,1,3,5,7,9H2,(H,25,26)/p-1/t16-/m0/s1. The summed E-state index contributed by atoms with van der Waals surface area (Å²) in [5.74, 6) is -2.09. The summed E-state index contributed by atoms with van der Waals surface area (Å²) >= 11 is 2.41. The molecule has 0 saturated carbocycles. The largest absolute Gasteiger partial charge is 0.545 e. The monoisotopic (exact) mass is 411 g/mol. The molecule has 8 heteroatoms. The molecule has 0 radical (unpaired) electrons. The number of carboxylic acids is 1. The number of benzene rings is 1. The van der Waals surface area contributed by atoms with Crippen LogP contribution in [0.4, 0.5) is 5.00 Å². The van der Waals surface area contributed by atoms with Gasteiger partial charge in [0, 0.05) is 21.8 Å². The molecule has 1 saturated heterocycles. The van der Waals surface area contributed by atoms with Gasteiger partial charge in [-0.2, -0.15) is 5.26 Å². The summed E-state index contributed by atoms with van der Waals surface area (Å²) in [4.78, 5) is 39.5. The number of aromatic carboxylic acids is 1. The third-order valence-electron chi connectivity index (χ3n) is 4.95. The second-order valence-electron chi connectivity index (χ2n) is 6.66. The van der Waals surface area contributed by atoms with Crippen molar-refractivity contribution in [3.8, 4) is 6.07 Å². The Morgan fingerprint density at radius 1 is 1.25 bits per heavy atom. The van der Waals surface area contributed by atoms with Crippen molar-refractivity contribution in [1.29, 1.82) is 5.26 Å². The minimum atomic E-state index is -1.32. The van der Waals surface area contributed by atoms with Crippen LogP contribution in [0.1, 0.15) is 45.6 Å². The first kappa shape index (κ1) is 18.7. The first-order valence-corrected chi connectivity index (χ1v) is 10.6. The van der Waals surface area contributed by atoms with Crippen LogP contribution in [0, 0.1) is 11.3 Å². The number of anilines is 1. The van der Waals surface area contributed by atoms with Gasteiger partial charge in [-0.25, -0.2) is 4.90 Å². The molecule has 1 aromatic carbocycles. The number of nitriles is 1. The Hall–Kier alpha value is -2.63. The number of carbonyl (C=O) groups is 3. The van der Waals surface area contributed by atoms with Gasteiger partial charge in [0.25, 0.3) is 0 Å². The van der Waals surface area contributed by atoms with Gasteiger partial charge in [-0.3, -0.25) is 9.59 Å². The lowest BCUT2D eigenvalue weighted by Gasteiger charge is -2.15. The van der Waals surface area contributed by atoms with Crippen molar-refractivity contribution < 1.29 is 19.5 Å². The molecule has 1 aromatic heterocycles. The predicted octanol–water partition coefficient (Wildman–Crippen LogP) is 2.29. The molecule has 1 atom stereocenters. The maximum atomic E-state index is 13.0. The number of amides is 2. The lowest BCUT2D eigenvalue weighted by atomic mass is 9.96. The van der Waals surface area contributed by atoms with Crippen LogP contribution in [0.5, 0.6) is 0 Å². The molecule has 2 heterocycles. The predicted molar refractivity (Wildman–Crippen MR) is 103 cm³/mol. The Balaban J connectivity index is 1.65. The van der Waals surface area contributed by atoms with Gasteiger partial charge in [-0.15, -0.1) is 23.1 Å². The number of fused-ring (bicyclic) bond motifs is 1. The topological polar surface area (TPSA) is 101 Å². The Kier molecular flexibility index (Phi) is 4.96. The molecule has 0 unspecified atom stereocenters. The minimum Gasteiger partial charge on any atom is -0.545 e. The molecular formula is C20H15N2O4S2-. The summed E-state index contributed by atoms with van der Waals surface area (Å²) in [6, 6.07) is 8.45. The minimum absolute atomic E-state index is 0.00417. The van der Waals surface area contributed by atoms with E-state index in [9.17, 15) is 24.8 Å². The molecule has 6 nitrogen and oxygen atoms in total. The molecule has 1 aliphatic carbocycles. The average molecular weight is 411 g/mol. The summed E-state index contributed by atoms with van der Waals surface area (Å²) in [7, 11) is 0. The smallest absolute Gasteiger partial charge is 0.248 e. The van der Waals surface area contributed by atoms with Crippen LogP contribution >= 0.6 is 23.1 Å². The summed E-state index contributed by atoms with van der Waals surface area (Å²) in [6.45, 7) is 0. The van der Waals surface area contributed by atoms with Crippen LogP contribution in [0.3, 0.4) is 0 Å². The fourth-order valence-electron chi connectivity index (χ4n) is 3.63. The highest BCUT2D eigenvalue weighted by Crippen LogP contribution is 2.43. The van der Waals surface area contributed by atoms with E-state index in [0.29, 0.717) is 15.5 Å². The molecule has 1 fully saturated rings. The zero-order valence-electron chi connectivity index (χ0n) is 14.8. The highest BCUT2D eigenvalue weighted by Gasteiger charge is 2.43. The number of rotatable bonds is 4. The molecule has 1 aliphatic heterocycles. The van der Waals surface area contributed by atoms with E-state index in [0.717, 1.165) is 52.8 Å². The fourth-order valence-corrected chi connectivity index (χ4v) is 6.16. The molecule has 4 rings (SSSR count). The number of nitrogens with zero attached hydrogens (tertiary/aromatic N) is 2. The fraction of sp³-hybridized carbons (Fsp3) is 0.300. The SMILES string of the molecule is N#Cc1c(N2C(=O)C[C@H](Sc3ccccc3C(=O)[O-])C2=O)sc2c1CCCC2. The lowest BCUT2D eigenvalue weighted by Crippen LogP contribution is -2.31. The van der Waals surface area contributed by atoms with Gasteiger partial charge in [0.1, 0.15) is 11.1 Å². The van der Waals surface area contributed by atoms with Gasteiger partial charge in [0.2, 0.25) is 11.8 Å². The molecule has 28 heavy (non-hydrogen) atoms. The summed E-state index contributed by atoms with van der Waals surface area (Å²) in [5.41, 5.74) is 1.39. The van der Waals surface area contributed by atoms with Gasteiger partial charge in [0.15, 0.2) is 0 Å². The third kappa shape index (κ3) is 3.11. The number of hydrogen-bond acceptors (Lipinski definition) is 7. The summed E-state index contributed by atoms with van der Waals surface area (Å²) in [5, 5.41) is 20.6. The van der Waals surface area contributed by atoms with E-state index in [-0.39, 0.29) is 17.9 Å². The molecule has 2 amide bonds. The number of carbonyl (C=O) groups excluding carboxylic acids is 3. The van der Waals surface area contributed by atoms with E-state index in [1.165, 1.54) is 17.4 Å². The van der Waals surface area contributed by atoms with Crippen LogP contribution in [-0.2, 0) is 22.4 Å². The van der Waals surface area contributed by atoms with Crippen molar-refractivity contribution in [3.63, 3.8) is 0 Å². The van der Waals surface area contributed by atoms with Crippen molar-refractivity contribution in [2.45, 2.75) is 42.2 Å². The number of hydrogen-bond donors (Lipinski definition) is 0. The summed E-state index contributed by atoms with van der Waals surface area (Å²) < 4.78 is 0. The number of carboxylic acid groups (broad SMARTS) is 1. The van der Waals surface area contributed by atoms with E-state index < -0.39 is 17.1 Å². The van der Waals surface area contributed by atoms with Crippen LogP contribution < -0.4 is 10.0 Å². The first-order valence-electron chi connectivity index (χ1n) is 8.89. The van der Waals surface area contributed by atoms with E-state index in [4.69, 9.17) is 0 Å². The maximum Gasteiger partial charge on any atom is 0.248 e. The number of thiophene rings is 1. The van der Waals surface area contributed by atoms with Crippen LogP contribution in [0.15, 0.2) is 29.2 Å². The Labute approximate surface area is 169 Å². The average Bonchev–Trinajstić information content (AvgIpc) is 3.18. The van der Waals surface area contributed by atoms with Crippen molar-refractivity contribution in [1.82, 2.24) is 0 Å². The Morgan fingerprint density at radius 3 is 2.75 bits per heavy atom.